The molecule has 8 nitrogen and oxygen atoms in total. The molecule has 1 fully saturated rings. The second kappa shape index (κ2) is 4.37. The number of nitrogen functional groups attached to an aromatic ring is 1. The van der Waals surface area contributed by atoms with E-state index < -0.39 is 24.6 Å². The fourth-order valence-corrected chi connectivity index (χ4v) is 2.18. The van der Waals surface area contributed by atoms with Gasteiger partial charge in [0, 0.05) is 6.54 Å². The summed E-state index contributed by atoms with van der Waals surface area (Å²) in [6, 6.07) is 0. The molecule has 0 bridgehead atoms. The molecule has 19 heavy (non-hydrogen) atoms. The van der Waals surface area contributed by atoms with Crippen LogP contribution in [0.3, 0.4) is 0 Å². The van der Waals surface area contributed by atoms with Gasteiger partial charge in [0.1, 0.15) is 24.1 Å². The predicted octanol–water partition coefficient (Wildman–Crippen LogP) is -1.04. The largest absolute Gasteiger partial charge is 0.385 e. The third-order valence-electron chi connectivity index (χ3n) is 3.18. The summed E-state index contributed by atoms with van der Waals surface area (Å²) in [5.41, 5.74) is 11.8. The van der Waals surface area contributed by atoms with E-state index in [1.165, 1.54) is 17.2 Å². The van der Waals surface area contributed by atoms with Gasteiger partial charge in [-0.2, -0.15) is 0 Å². The predicted molar refractivity (Wildman–Crippen MR) is 63.6 cm³/mol. The summed E-state index contributed by atoms with van der Waals surface area (Å²) in [6.07, 6.45) is -2.01. The van der Waals surface area contributed by atoms with Crippen LogP contribution in [0.15, 0.2) is 12.7 Å². The number of anilines is 1. The Labute approximate surface area is 107 Å². The summed E-state index contributed by atoms with van der Waals surface area (Å²) in [5.74, 6) is 0.211. The molecule has 2 aromatic heterocycles. The number of halogens is 1. The molecule has 0 saturated carbocycles. The van der Waals surface area contributed by atoms with Crippen LogP contribution in [0.2, 0.25) is 0 Å². The topological polar surface area (TPSA) is 125 Å². The minimum atomic E-state index is -1.55. The second-order valence-electron chi connectivity index (χ2n) is 4.32. The van der Waals surface area contributed by atoms with Crippen molar-refractivity contribution in [3.05, 3.63) is 12.7 Å². The highest BCUT2D eigenvalue weighted by atomic mass is 19.1. The molecule has 0 spiro atoms. The first-order valence-electron chi connectivity index (χ1n) is 5.74. The van der Waals surface area contributed by atoms with E-state index in [1.807, 2.05) is 0 Å². The number of aromatic nitrogens is 4. The van der Waals surface area contributed by atoms with Gasteiger partial charge in [-0.3, -0.25) is 4.57 Å². The number of nitrogens with zero attached hydrogens (tertiary/aromatic N) is 4. The van der Waals surface area contributed by atoms with Gasteiger partial charge < -0.3 is 21.3 Å². The molecule has 1 saturated heterocycles. The van der Waals surface area contributed by atoms with E-state index in [2.05, 4.69) is 15.0 Å². The van der Waals surface area contributed by atoms with Gasteiger partial charge in [-0.15, -0.1) is 0 Å². The van der Waals surface area contributed by atoms with E-state index in [9.17, 15) is 9.50 Å². The van der Waals surface area contributed by atoms with Crippen LogP contribution < -0.4 is 11.5 Å². The minimum absolute atomic E-state index is 0.0154. The molecule has 4 atom stereocenters. The fraction of sp³-hybridized carbons (Fsp3) is 0.500. The average Bonchev–Trinajstić information content (AvgIpc) is 2.94. The Kier molecular flexibility index (Phi) is 2.81. The molecule has 5 N–H and O–H groups in total. The van der Waals surface area contributed by atoms with Gasteiger partial charge in [0.15, 0.2) is 23.9 Å². The molecular formula is C10H13FN6O2. The molecule has 0 aromatic carbocycles. The Bertz CT molecular complexity index is 605. The number of aliphatic hydroxyl groups is 1. The summed E-state index contributed by atoms with van der Waals surface area (Å²) in [7, 11) is 0. The second-order valence-corrected chi connectivity index (χ2v) is 4.32. The summed E-state index contributed by atoms with van der Waals surface area (Å²) in [5, 5.41) is 9.88. The molecule has 102 valence electrons. The number of hydrogen-bond acceptors (Lipinski definition) is 7. The van der Waals surface area contributed by atoms with E-state index in [1.54, 1.807) is 0 Å². The van der Waals surface area contributed by atoms with E-state index in [4.69, 9.17) is 16.2 Å². The minimum Gasteiger partial charge on any atom is -0.385 e. The highest BCUT2D eigenvalue weighted by Crippen LogP contribution is 2.33. The Hall–Kier alpha value is -1.84. The van der Waals surface area contributed by atoms with E-state index in [-0.39, 0.29) is 12.4 Å². The maximum absolute atomic E-state index is 13.8. The van der Waals surface area contributed by atoms with Crippen molar-refractivity contribution >= 4 is 17.0 Å². The molecule has 1 aliphatic rings. The molecule has 2 aromatic rings. The Morgan fingerprint density at radius 3 is 2.89 bits per heavy atom. The monoisotopic (exact) mass is 268 g/mol. The Morgan fingerprint density at radius 1 is 1.42 bits per heavy atom. The molecule has 9 heteroatoms. The zero-order valence-electron chi connectivity index (χ0n) is 9.85. The van der Waals surface area contributed by atoms with E-state index in [0.29, 0.717) is 11.2 Å². The van der Waals surface area contributed by atoms with Crippen molar-refractivity contribution in [3.63, 3.8) is 0 Å². The van der Waals surface area contributed by atoms with Crippen LogP contribution in [0.25, 0.3) is 11.2 Å². The maximum atomic E-state index is 13.8. The van der Waals surface area contributed by atoms with Gasteiger partial charge in [0.05, 0.1) is 6.33 Å². The van der Waals surface area contributed by atoms with Crippen molar-refractivity contribution in [2.24, 2.45) is 5.73 Å². The quantitative estimate of drug-likeness (QED) is 0.635. The number of aliphatic hydroxyl groups excluding tert-OH is 1. The molecule has 0 aliphatic carbocycles. The van der Waals surface area contributed by atoms with Crippen LogP contribution in [-0.2, 0) is 4.74 Å². The number of fused-ring (bicyclic) bond motifs is 1. The Morgan fingerprint density at radius 2 is 2.21 bits per heavy atom. The first-order valence-corrected chi connectivity index (χ1v) is 5.74. The van der Waals surface area contributed by atoms with Gasteiger partial charge in [-0.05, 0) is 0 Å². The van der Waals surface area contributed by atoms with Crippen LogP contribution in [0, 0.1) is 0 Å². The first kappa shape index (κ1) is 12.2. The van der Waals surface area contributed by atoms with Gasteiger partial charge in [-0.25, -0.2) is 19.3 Å². The van der Waals surface area contributed by atoms with E-state index in [0.717, 1.165) is 0 Å². The van der Waals surface area contributed by atoms with Crippen LogP contribution in [-0.4, -0.2) is 49.5 Å². The van der Waals surface area contributed by atoms with Crippen molar-refractivity contribution in [2.75, 3.05) is 12.3 Å². The normalized spacial score (nSPS) is 31.1. The summed E-state index contributed by atoms with van der Waals surface area (Å²) >= 11 is 0. The SMILES string of the molecule is NCC1OC(n2cnc3c(N)ncnc32)C(O)C1F. The molecule has 1 aliphatic heterocycles. The lowest BCUT2D eigenvalue weighted by atomic mass is 10.1. The van der Waals surface area contributed by atoms with Crippen molar-refractivity contribution in [3.8, 4) is 0 Å². The smallest absolute Gasteiger partial charge is 0.167 e. The van der Waals surface area contributed by atoms with Gasteiger partial charge in [-0.1, -0.05) is 0 Å². The maximum Gasteiger partial charge on any atom is 0.167 e. The fourth-order valence-electron chi connectivity index (χ4n) is 2.18. The van der Waals surface area contributed by atoms with Gasteiger partial charge in [0.25, 0.3) is 0 Å². The lowest BCUT2D eigenvalue weighted by molar-refractivity contribution is -0.0321. The van der Waals surface area contributed by atoms with Gasteiger partial charge >= 0.3 is 0 Å². The molecule has 3 rings (SSSR count). The van der Waals surface area contributed by atoms with Crippen molar-refractivity contribution in [1.82, 2.24) is 19.5 Å². The number of alkyl halides is 1. The van der Waals surface area contributed by atoms with Crippen molar-refractivity contribution in [1.29, 1.82) is 0 Å². The van der Waals surface area contributed by atoms with Gasteiger partial charge in [0.2, 0.25) is 0 Å². The highest BCUT2D eigenvalue weighted by molar-refractivity contribution is 5.81. The lowest BCUT2D eigenvalue weighted by Crippen LogP contribution is -2.32. The average molecular weight is 268 g/mol. The Balaban J connectivity index is 2.04. The van der Waals surface area contributed by atoms with E-state index >= 15 is 0 Å². The van der Waals surface area contributed by atoms with Crippen molar-refractivity contribution < 1.29 is 14.2 Å². The first-order chi connectivity index (χ1) is 9.13. The van der Waals surface area contributed by atoms with Crippen LogP contribution in [0.5, 0.6) is 0 Å². The molecule has 4 unspecified atom stereocenters. The summed E-state index contributed by atoms with van der Waals surface area (Å²) < 4.78 is 20.6. The number of imidazole rings is 1. The summed E-state index contributed by atoms with van der Waals surface area (Å²) in [4.78, 5) is 11.9. The third-order valence-corrected chi connectivity index (χ3v) is 3.18. The number of ether oxygens (including phenoxy) is 1. The number of hydrogen-bond donors (Lipinski definition) is 3. The number of nitrogens with two attached hydrogens (primary N) is 2. The molecule has 0 radical (unpaired) electrons. The summed E-state index contributed by atoms with van der Waals surface area (Å²) in [6.45, 7) is -0.0154. The lowest BCUT2D eigenvalue weighted by Gasteiger charge is -2.15. The van der Waals surface area contributed by atoms with Crippen LogP contribution in [0.4, 0.5) is 10.2 Å². The van der Waals surface area contributed by atoms with Crippen molar-refractivity contribution in [2.45, 2.75) is 24.6 Å². The molecule has 3 heterocycles. The number of rotatable bonds is 2. The van der Waals surface area contributed by atoms with Crippen LogP contribution >= 0.6 is 0 Å². The molecular weight excluding hydrogens is 255 g/mol. The highest BCUT2D eigenvalue weighted by Gasteiger charge is 2.45. The van der Waals surface area contributed by atoms with Crippen LogP contribution in [0.1, 0.15) is 6.23 Å². The third kappa shape index (κ3) is 1.74. The zero-order chi connectivity index (χ0) is 13.6. The zero-order valence-corrected chi connectivity index (χ0v) is 9.85. The standard InChI is InChI=1S/C10H13FN6O2/c11-5-4(1-12)19-10(7(5)18)17-3-16-6-8(13)14-2-15-9(6)17/h2-5,7,10,18H,1,12H2,(H2,13,14,15). The molecule has 0 amide bonds.